The van der Waals surface area contributed by atoms with Gasteiger partial charge in [0.05, 0.1) is 5.75 Å². The van der Waals surface area contributed by atoms with Crippen LogP contribution >= 0.6 is 0 Å². The zero-order chi connectivity index (χ0) is 17.9. The zero-order valence-corrected chi connectivity index (χ0v) is 14.9. The first kappa shape index (κ1) is 17.4. The maximum absolute atomic E-state index is 11.0. The lowest BCUT2D eigenvalue weighted by molar-refractivity contribution is -0.673. The summed E-state index contributed by atoms with van der Waals surface area (Å²) in [6.07, 6.45) is 8.49. The van der Waals surface area contributed by atoms with E-state index in [0.717, 1.165) is 22.6 Å². The third-order valence-corrected chi connectivity index (χ3v) is 4.95. The average Bonchev–Trinajstić information content (AvgIpc) is 2.57. The normalized spacial score (nSPS) is 15.4. The molecule has 0 amide bonds. The van der Waals surface area contributed by atoms with Crippen LogP contribution in [0.5, 0.6) is 0 Å². The molecule has 0 bridgehead atoms. The van der Waals surface area contributed by atoms with Crippen LogP contribution in [-0.2, 0) is 17.2 Å². The third-order valence-electron chi connectivity index (χ3n) is 4.15. The van der Waals surface area contributed by atoms with Crippen LogP contribution in [0.1, 0.15) is 17.7 Å². The van der Waals surface area contributed by atoms with Gasteiger partial charge in [0.1, 0.15) is 7.05 Å². The Labute approximate surface area is 148 Å². The minimum Gasteiger partial charge on any atom is -0.341 e. The van der Waals surface area contributed by atoms with E-state index < -0.39 is 10.1 Å². The maximum Gasteiger partial charge on any atom is 0.264 e. The predicted octanol–water partition coefficient (Wildman–Crippen LogP) is 2.66. The summed E-state index contributed by atoms with van der Waals surface area (Å²) in [5.41, 5.74) is 4.14. The van der Waals surface area contributed by atoms with Gasteiger partial charge in [-0.1, -0.05) is 24.3 Å². The lowest BCUT2D eigenvalue weighted by atomic mass is 10.0. The van der Waals surface area contributed by atoms with E-state index >= 15 is 0 Å². The third kappa shape index (κ3) is 4.35. The number of anilines is 1. The topological polar surface area (TPSA) is 61.5 Å². The molecular formula is C19H21N2O3S+. The summed E-state index contributed by atoms with van der Waals surface area (Å²) in [7, 11) is -1.97. The Morgan fingerprint density at radius 2 is 1.88 bits per heavy atom. The molecule has 130 valence electrons. The highest BCUT2D eigenvalue weighted by Gasteiger charge is 2.19. The summed E-state index contributed by atoms with van der Waals surface area (Å²) in [6.45, 7) is 0.503. The maximum atomic E-state index is 11.0. The Bertz CT molecular complexity index is 933. The Hall–Kier alpha value is -2.44. The first-order valence-electron chi connectivity index (χ1n) is 8.10. The van der Waals surface area contributed by atoms with Crippen LogP contribution in [0.25, 0.3) is 12.2 Å². The quantitative estimate of drug-likeness (QED) is 0.660. The van der Waals surface area contributed by atoms with Gasteiger partial charge in [0.25, 0.3) is 10.1 Å². The Morgan fingerprint density at radius 1 is 1.12 bits per heavy atom. The molecule has 0 atom stereocenters. The SMILES string of the molecule is C[n+]1ccccc1C=C1C=Cc2ccccc2N1CCCS(=O)(=O)O. The molecule has 1 aromatic heterocycles. The number of rotatable bonds is 5. The number of hydrogen-bond acceptors (Lipinski definition) is 3. The van der Waals surface area contributed by atoms with Crippen molar-refractivity contribution in [2.45, 2.75) is 6.42 Å². The van der Waals surface area contributed by atoms with Crippen molar-refractivity contribution in [2.24, 2.45) is 7.05 Å². The lowest BCUT2D eigenvalue weighted by Gasteiger charge is -2.30. The summed E-state index contributed by atoms with van der Waals surface area (Å²) in [6, 6.07) is 14.0. The highest BCUT2D eigenvalue weighted by Crippen LogP contribution is 2.31. The molecule has 0 spiro atoms. The molecule has 0 aliphatic carbocycles. The molecule has 25 heavy (non-hydrogen) atoms. The van der Waals surface area contributed by atoms with Crippen molar-refractivity contribution in [2.75, 3.05) is 17.2 Å². The fourth-order valence-corrected chi connectivity index (χ4v) is 3.39. The van der Waals surface area contributed by atoms with Gasteiger partial charge < -0.3 is 4.90 Å². The van der Waals surface area contributed by atoms with Crippen LogP contribution in [0.2, 0.25) is 0 Å². The van der Waals surface area contributed by atoms with Crippen molar-refractivity contribution in [3.05, 3.63) is 71.7 Å². The number of nitrogens with zero attached hydrogens (tertiary/aromatic N) is 2. The van der Waals surface area contributed by atoms with E-state index in [1.165, 1.54) is 0 Å². The minimum atomic E-state index is -3.95. The first-order chi connectivity index (χ1) is 11.9. The van der Waals surface area contributed by atoms with Gasteiger partial charge in [-0.2, -0.15) is 8.42 Å². The Kier molecular flexibility index (Phi) is 5.01. The van der Waals surface area contributed by atoms with Gasteiger partial charge in [-0.25, -0.2) is 4.57 Å². The molecule has 6 heteroatoms. The number of pyridine rings is 1. The molecular weight excluding hydrogens is 336 g/mol. The molecule has 3 rings (SSSR count). The molecule has 0 unspecified atom stereocenters. The minimum absolute atomic E-state index is 0.248. The van der Waals surface area contributed by atoms with Gasteiger partial charge in [0.15, 0.2) is 6.20 Å². The van der Waals surface area contributed by atoms with E-state index in [1.54, 1.807) is 0 Å². The van der Waals surface area contributed by atoms with Crippen molar-refractivity contribution in [1.29, 1.82) is 0 Å². The molecule has 2 heterocycles. The number of benzene rings is 1. The second-order valence-electron chi connectivity index (χ2n) is 5.99. The van der Waals surface area contributed by atoms with E-state index in [1.807, 2.05) is 66.4 Å². The van der Waals surface area contributed by atoms with Crippen LogP contribution in [-0.4, -0.2) is 25.3 Å². The van der Waals surface area contributed by atoms with Gasteiger partial charge in [0.2, 0.25) is 5.69 Å². The number of allylic oxidation sites excluding steroid dienone is 1. The number of aryl methyl sites for hydroxylation is 1. The first-order valence-corrected chi connectivity index (χ1v) is 9.71. The summed E-state index contributed by atoms with van der Waals surface area (Å²) >= 11 is 0. The highest BCUT2D eigenvalue weighted by molar-refractivity contribution is 7.85. The van der Waals surface area contributed by atoms with Crippen molar-refractivity contribution in [3.63, 3.8) is 0 Å². The standard InChI is InChI=1S/C19H20N2O3S/c1-20-12-5-4-8-17(20)15-18-11-10-16-7-2-3-9-19(16)21(18)13-6-14-25(22,23)24/h2-5,7-12,15H,6,13-14H2,1H3/p+1. The fourth-order valence-electron chi connectivity index (χ4n) is 2.90. The molecule has 2 aromatic rings. The monoisotopic (exact) mass is 357 g/mol. The Morgan fingerprint density at radius 3 is 2.64 bits per heavy atom. The second kappa shape index (κ2) is 7.21. The molecule has 1 aliphatic heterocycles. The summed E-state index contributed by atoms with van der Waals surface area (Å²) in [4.78, 5) is 2.09. The van der Waals surface area contributed by atoms with Crippen molar-refractivity contribution < 1.29 is 17.5 Å². The number of para-hydroxylation sites is 1. The van der Waals surface area contributed by atoms with E-state index in [9.17, 15) is 8.42 Å². The number of fused-ring (bicyclic) bond motifs is 1. The fraction of sp³-hybridized carbons (Fsp3) is 0.211. The molecule has 5 nitrogen and oxygen atoms in total. The smallest absolute Gasteiger partial charge is 0.264 e. The van der Waals surface area contributed by atoms with Gasteiger partial charge in [-0.05, 0) is 30.2 Å². The second-order valence-corrected chi connectivity index (χ2v) is 7.56. The molecule has 1 aromatic carbocycles. The van der Waals surface area contributed by atoms with E-state index in [0.29, 0.717) is 13.0 Å². The molecule has 1 aliphatic rings. The van der Waals surface area contributed by atoms with Crippen LogP contribution in [0, 0.1) is 0 Å². The van der Waals surface area contributed by atoms with Crippen molar-refractivity contribution in [3.8, 4) is 0 Å². The predicted molar refractivity (Wildman–Crippen MR) is 99.4 cm³/mol. The molecule has 1 N–H and O–H groups in total. The van der Waals surface area contributed by atoms with Crippen LogP contribution in [0.15, 0.2) is 60.4 Å². The van der Waals surface area contributed by atoms with E-state index in [4.69, 9.17) is 4.55 Å². The molecule has 0 radical (unpaired) electrons. The number of aromatic nitrogens is 1. The summed E-state index contributed by atoms with van der Waals surface area (Å²) in [5.74, 6) is -0.248. The summed E-state index contributed by atoms with van der Waals surface area (Å²) in [5, 5.41) is 0. The van der Waals surface area contributed by atoms with Gasteiger partial charge in [0, 0.05) is 36.1 Å². The van der Waals surface area contributed by atoms with E-state index in [-0.39, 0.29) is 5.75 Å². The zero-order valence-electron chi connectivity index (χ0n) is 14.0. The largest absolute Gasteiger partial charge is 0.341 e. The lowest BCUT2D eigenvalue weighted by Crippen LogP contribution is -2.32. The number of hydrogen-bond donors (Lipinski definition) is 1. The average molecular weight is 357 g/mol. The molecule has 0 saturated heterocycles. The van der Waals surface area contributed by atoms with Crippen LogP contribution in [0.3, 0.4) is 0 Å². The van der Waals surface area contributed by atoms with Crippen molar-refractivity contribution >= 4 is 28.0 Å². The summed E-state index contributed by atoms with van der Waals surface area (Å²) < 4.78 is 33.1. The van der Waals surface area contributed by atoms with Gasteiger partial charge >= 0.3 is 0 Å². The van der Waals surface area contributed by atoms with Gasteiger partial charge in [-0.15, -0.1) is 0 Å². The van der Waals surface area contributed by atoms with Crippen molar-refractivity contribution in [1.82, 2.24) is 0 Å². The Balaban J connectivity index is 1.94. The van der Waals surface area contributed by atoms with Crippen LogP contribution < -0.4 is 9.47 Å². The molecule has 0 fully saturated rings. The van der Waals surface area contributed by atoms with Crippen LogP contribution in [0.4, 0.5) is 5.69 Å². The highest BCUT2D eigenvalue weighted by atomic mass is 32.2. The van der Waals surface area contributed by atoms with E-state index in [2.05, 4.69) is 17.1 Å². The molecule has 0 saturated carbocycles. The van der Waals surface area contributed by atoms with Gasteiger partial charge in [-0.3, -0.25) is 4.55 Å².